The first kappa shape index (κ1) is 18.4. The minimum Gasteiger partial charge on any atom is -0.384 e. The molecule has 2 heterocycles. The molecule has 2 aromatic rings. The van der Waals surface area contributed by atoms with Gasteiger partial charge < -0.3 is 9.64 Å². The van der Waals surface area contributed by atoms with E-state index in [0.717, 1.165) is 23.1 Å². The maximum Gasteiger partial charge on any atom is 0.255 e. The quantitative estimate of drug-likeness (QED) is 0.810. The second kappa shape index (κ2) is 7.56. The molecule has 1 fully saturated rings. The van der Waals surface area contributed by atoms with Crippen molar-refractivity contribution in [1.82, 2.24) is 10.2 Å². The van der Waals surface area contributed by atoms with Gasteiger partial charge in [0.25, 0.3) is 5.91 Å². The van der Waals surface area contributed by atoms with Gasteiger partial charge in [-0.15, -0.1) is 0 Å². The van der Waals surface area contributed by atoms with Crippen LogP contribution in [0, 0.1) is 0 Å². The summed E-state index contributed by atoms with van der Waals surface area (Å²) in [6, 6.07) is 13.5. The van der Waals surface area contributed by atoms with Crippen molar-refractivity contribution in [1.29, 1.82) is 0 Å². The number of imide groups is 1. The highest BCUT2D eigenvalue weighted by Gasteiger charge is 2.39. The fourth-order valence-electron chi connectivity index (χ4n) is 3.84. The first-order valence-electron chi connectivity index (χ1n) is 9.42. The van der Waals surface area contributed by atoms with Gasteiger partial charge in [-0.25, -0.2) is 0 Å². The summed E-state index contributed by atoms with van der Waals surface area (Å²) in [5.74, 6) is -0.808. The van der Waals surface area contributed by atoms with E-state index < -0.39 is 6.04 Å². The Bertz CT molecular complexity index is 936. The SMILES string of the molecule is COCCc1ccc(-c2ccc3c(c2)CN(C2CCC(=O)NC2=O)C3=O)cc1. The van der Waals surface area contributed by atoms with Crippen LogP contribution >= 0.6 is 0 Å². The van der Waals surface area contributed by atoms with Gasteiger partial charge in [-0.05, 0) is 47.2 Å². The number of ether oxygens (including phenoxy) is 1. The topological polar surface area (TPSA) is 75.7 Å². The number of amides is 3. The van der Waals surface area contributed by atoms with Crippen molar-refractivity contribution in [2.45, 2.75) is 31.8 Å². The number of benzene rings is 2. The fourth-order valence-corrected chi connectivity index (χ4v) is 3.84. The molecule has 2 aliphatic heterocycles. The predicted molar refractivity (Wildman–Crippen MR) is 104 cm³/mol. The number of carbonyl (C=O) groups is 3. The highest BCUT2D eigenvalue weighted by Crippen LogP contribution is 2.31. The molecule has 1 atom stereocenters. The lowest BCUT2D eigenvalue weighted by atomic mass is 9.99. The second-order valence-corrected chi connectivity index (χ2v) is 7.21. The lowest BCUT2D eigenvalue weighted by Crippen LogP contribution is -2.52. The van der Waals surface area contributed by atoms with Crippen molar-refractivity contribution < 1.29 is 19.1 Å². The Morgan fingerprint density at radius 2 is 1.82 bits per heavy atom. The van der Waals surface area contributed by atoms with Gasteiger partial charge in [-0.3, -0.25) is 19.7 Å². The van der Waals surface area contributed by atoms with Gasteiger partial charge in [-0.1, -0.05) is 30.3 Å². The molecule has 1 unspecified atom stereocenters. The molecule has 2 aliphatic rings. The van der Waals surface area contributed by atoms with E-state index in [1.54, 1.807) is 12.0 Å². The summed E-state index contributed by atoms with van der Waals surface area (Å²) < 4.78 is 5.11. The molecular weight excluding hydrogens is 356 g/mol. The molecule has 2 aromatic carbocycles. The molecule has 1 saturated heterocycles. The van der Waals surface area contributed by atoms with Gasteiger partial charge in [0.2, 0.25) is 11.8 Å². The standard InChI is InChI=1S/C22H22N2O4/c1-28-11-10-14-2-4-15(5-3-14)16-6-7-18-17(12-16)13-24(22(18)27)19-8-9-20(25)23-21(19)26/h2-7,12,19H,8-11,13H2,1H3,(H,23,25,26). The molecule has 6 nitrogen and oxygen atoms in total. The van der Waals surface area contributed by atoms with Gasteiger partial charge in [-0.2, -0.15) is 0 Å². The average molecular weight is 378 g/mol. The van der Waals surface area contributed by atoms with Crippen LogP contribution in [0.3, 0.4) is 0 Å². The zero-order chi connectivity index (χ0) is 19.7. The summed E-state index contributed by atoms with van der Waals surface area (Å²) in [5.41, 5.74) is 4.87. The van der Waals surface area contributed by atoms with E-state index in [9.17, 15) is 14.4 Å². The number of methoxy groups -OCH3 is 1. The number of hydrogen-bond donors (Lipinski definition) is 1. The highest BCUT2D eigenvalue weighted by atomic mass is 16.5. The monoisotopic (exact) mass is 378 g/mol. The summed E-state index contributed by atoms with van der Waals surface area (Å²) in [6.07, 6.45) is 1.51. The third-order valence-electron chi connectivity index (χ3n) is 5.41. The number of hydrogen-bond acceptors (Lipinski definition) is 4. The van der Waals surface area contributed by atoms with Crippen LogP contribution in [0.2, 0.25) is 0 Å². The Kier molecular flexibility index (Phi) is 4.96. The maximum atomic E-state index is 12.8. The van der Waals surface area contributed by atoms with Gasteiger partial charge in [0.05, 0.1) is 6.61 Å². The second-order valence-electron chi connectivity index (χ2n) is 7.21. The minimum atomic E-state index is -0.582. The summed E-state index contributed by atoms with van der Waals surface area (Å²) >= 11 is 0. The Morgan fingerprint density at radius 3 is 2.54 bits per heavy atom. The number of nitrogens with zero attached hydrogens (tertiary/aromatic N) is 1. The van der Waals surface area contributed by atoms with Crippen molar-refractivity contribution in [2.24, 2.45) is 0 Å². The van der Waals surface area contributed by atoms with Crippen LogP contribution in [-0.2, 0) is 27.3 Å². The van der Waals surface area contributed by atoms with Crippen molar-refractivity contribution in [2.75, 3.05) is 13.7 Å². The Labute approximate surface area is 163 Å². The smallest absolute Gasteiger partial charge is 0.255 e. The maximum absolute atomic E-state index is 12.8. The van der Waals surface area contributed by atoms with Gasteiger partial charge in [0.1, 0.15) is 6.04 Å². The largest absolute Gasteiger partial charge is 0.384 e. The van der Waals surface area contributed by atoms with Crippen LogP contribution in [0.25, 0.3) is 11.1 Å². The van der Waals surface area contributed by atoms with Crippen molar-refractivity contribution in [3.05, 3.63) is 59.2 Å². The number of fused-ring (bicyclic) bond motifs is 1. The molecule has 6 heteroatoms. The summed E-state index contributed by atoms with van der Waals surface area (Å²) in [7, 11) is 1.69. The van der Waals surface area contributed by atoms with Crippen LogP contribution in [0.4, 0.5) is 0 Å². The molecule has 0 saturated carbocycles. The van der Waals surface area contributed by atoms with Gasteiger partial charge >= 0.3 is 0 Å². The summed E-state index contributed by atoms with van der Waals surface area (Å²) in [6.45, 7) is 1.08. The summed E-state index contributed by atoms with van der Waals surface area (Å²) in [4.78, 5) is 37.9. The van der Waals surface area contributed by atoms with Crippen LogP contribution in [0.5, 0.6) is 0 Å². The molecule has 1 N–H and O–H groups in total. The molecule has 0 aliphatic carbocycles. The van der Waals surface area contributed by atoms with E-state index >= 15 is 0 Å². The normalized spacial score (nSPS) is 19.0. The molecule has 28 heavy (non-hydrogen) atoms. The molecule has 0 aromatic heterocycles. The lowest BCUT2D eigenvalue weighted by Gasteiger charge is -2.29. The van der Waals surface area contributed by atoms with Crippen molar-refractivity contribution in [3.63, 3.8) is 0 Å². The van der Waals surface area contributed by atoms with E-state index in [1.165, 1.54) is 5.56 Å². The zero-order valence-corrected chi connectivity index (χ0v) is 15.7. The number of piperidine rings is 1. The first-order valence-corrected chi connectivity index (χ1v) is 9.42. The highest BCUT2D eigenvalue weighted by molar-refractivity contribution is 6.05. The first-order chi connectivity index (χ1) is 13.6. The molecule has 4 rings (SSSR count). The predicted octanol–water partition coefficient (Wildman–Crippen LogP) is 2.30. The van der Waals surface area contributed by atoms with Crippen LogP contribution in [0.1, 0.15) is 34.3 Å². The lowest BCUT2D eigenvalue weighted by molar-refractivity contribution is -0.136. The van der Waals surface area contributed by atoms with Gasteiger partial charge in [0.15, 0.2) is 0 Å². The molecule has 0 radical (unpaired) electrons. The Balaban J connectivity index is 1.54. The Morgan fingerprint density at radius 1 is 1.07 bits per heavy atom. The summed E-state index contributed by atoms with van der Waals surface area (Å²) in [5, 5.41) is 2.33. The number of carbonyl (C=O) groups excluding carboxylic acids is 3. The Hall–Kier alpha value is -2.99. The third kappa shape index (κ3) is 3.43. The van der Waals surface area contributed by atoms with Crippen LogP contribution < -0.4 is 5.32 Å². The third-order valence-corrected chi connectivity index (χ3v) is 5.41. The molecule has 0 bridgehead atoms. The van der Waals surface area contributed by atoms with Crippen molar-refractivity contribution >= 4 is 17.7 Å². The molecular formula is C22H22N2O4. The van der Waals surface area contributed by atoms with E-state index in [1.807, 2.05) is 18.2 Å². The molecule has 3 amide bonds. The van der Waals surface area contributed by atoms with E-state index in [0.29, 0.717) is 25.1 Å². The van der Waals surface area contributed by atoms with Crippen LogP contribution in [0.15, 0.2) is 42.5 Å². The molecule has 0 spiro atoms. The van der Waals surface area contributed by atoms with E-state index in [2.05, 4.69) is 29.6 Å². The number of rotatable bonds is 5. The minimum absolute atomic E-state index is 0.147. The van der Waals surface area contributed by atoms with E-state index in [4.69, 9.17) is 4.74 Å². The van der Waals surface area contributed by atoms with E-state index in [-0.39, 0.29) is 24.1 Å². The van der Waals surface area contributed by atoms with Gasteiger partial charge in [0, 0.05) is 25.6 Å². The fraction of sp³-hybridized carbons (Fsp3) is 0.318. The van der Waals surface area contributed by atoms with Crippen molar-refractivity contribution in [3.8, 4) is 11.1 Å². The van der Waals surface area contributed by atoms with Crippen LogP contribution in [-0.4, -0.2) is 42.4 Å². The molecule has 144 valence electrons. The number of nitrogens with one attached hydrogen (secondary N) is 1. The zero-order valence-electron chi connectivity index (χ0n) is 15.7. The average Bonchev–Trinajstić information content (AvgIpc) is 3.02.